The van der Waals surface area contributed by atoms with Crippen molar-refractivity contribution in [3.63, 3.8) is 0 Å². The van der Waals surface area contributed by atoms with Crippen LogP contribution in [-0.4, -0.2) is 63.1 Å². The molecule has 12 aromatic carbocycles. The summed E-state index contributed by atoms with van der Waals surface area (Å²) in [5.41, 5.74) is 6.63. The predicted octanol–water partition coefficient (Wildman–Crippen LogP) is 15.9. The van der Waals surface area contributed by atoms with E-state index in [4.69, 9.17) is 37.9 Å². The van der Waals surface area contributed by atoms with Crippen LogP contribution in [0.5, 0.6) is 57.5 Å². The summed E-state index contributed by atoms with van der Waals surface area (Å²) in [5, 5.41) is 27.9. The minimum Gasteiger partial charge on any atom is -0.491 e. The Hall–Kier alpha value is -10.0. The second-order valence-corrected chi connectivity index (χ2v) is 20.4. The molecule has 10 nitrogen and oxygen atoms in total. The van der Waals surface area contributed by atoms with E-state index < -0.39 is 5.41 Å². The fourth-order valence-corrected chi connectivity index (χ4v) is 12.3. The van der Waals surface area contributed by atoms with Crippen LogP contribution < -0.4 is 37.9 Å². The molecule has 2 heterocycles. The summed E-state index contributed by atoms with van der Waals surface area (Å²) in [5.74, 6) is 6.69. The van der Waals surface area contributed by atoms with Crippen molar-refractivity contribution >= 4 is 43.1 Å². The Bertz CT molecular complexity index is 4140. The average molecular weight is 1090 g/mol. The summed E-state index contributed by atoms with van der Waals surface area (Å²) in [6.07, 6.45) is 0. The summed E-state index contributed by atoms with van der Waals surface area (Å²) in [6.45, 7) is 1.03. The molecule has 0 fully saturated rings. The first-order valence-corrected chi connectivity index (χ1v) is 28.0. The number of rotatable bonds is 18. The zero-order valence-corrected chi connectivity index (χ0v) is 45.3. The Morgan fingerprint density at radius 2 is 0.578 bits per heavy atom. The molecule has 0 aromatic heterocycles. The van der Waals surface area contributed by atoms with Gasteiger partial charge in [0.1, 0.15) is 97.1 Å². The monoisotopic (exact) mass is 1090 g/mol. The van der Waals surface area contributed by atoms with E-state index in [9.17, 15) is 10.2 Å². The third-order valence-electron chi connectivity index (χ3n) is 15.7. The van der Waals surface area contributed by atoms with E-state index in [-0.39, 0.29) is 52.9 Å². The number of ether oxygens (including phenoxy) is 8. The van der Waals surface area contributed by atoms with Gasteiger partial charge in [-0.05, 0) is 91.6 Å². The molecule has 0 saturated heterocycles. The fourth-order valence-electron chi connectivity index (χ4n) is 12.3. The SMILES string of the molecule is OCCOc1ccc2ccccc2c1-c1c(OCCOc2ccc3c(c2)Oc2cc(OCCOc4ccc5ccccc5c4-c4c(OCCO)ccc5ccccc45)ccc2C32c3ccccc3Oc3ccccc32)ccc2ccccc12. The molecule has 0 atom stereocenters. The van der Waals surface area contributed by atoms with Gasteiger partial charge in [0.05, 0.1) is 18.6 Å². The minimum atomic E-state index is -0.834. The third-order valence-corrected chi connectivity index (χ3v) is 15.7. The van der Waals surface area contributed by atoms with Gasteiger partial charge in [-0.25, -0.2) is 0 Å². The maximum absolute atomic E-state index is 9.80. The largest absolute Gasteiger partial charge is 0.491 e. The van der Waals surface area contributed by atoms with Crippen LogP contribution in [0.4, 0.5) is 0 Å². The van der Waals surface area contributed by atoms with Gasteiger partial charge in [-0.2, -0.15) is 0 Å². The smallest absolute Gasteiger partial charge is 0.135 e. The van der Waals surface area contributed by atoms with Crippen molar-refractivity contribution in [2.24, 2.45) is 0 Å². The molecule has 0 amide bonds. The lowest BCUT2D eigenvalue weighted by Crippen LogP contribution is -2.36. The summed E-state index contributed by atoms with van der Waals surface area (Å²) >= 11 is 0. The maximum atomic E-state index is 9.80. The molecule has 14 rings (SSSR count). The van der Waals surface area contributed by atoms with Crippen molar-refractivity contribution in [3.05, 3.63) is 253 Å². The molecule has 0 saturated carbocycles. The van der Waals surface area contributed by atoms with Crippen LogP contribution in [0.3, 0.4) is 0 Å². The highest BCUT2D eigenvalue weighted by molar-refractivity contribution is 6.11. The standard InChI is InChI=1S/C73H56O10/c74-37-39-78-63-33-25-47-13-1-5-17-53(47)69(63)71-55-19-7-3-15-49(55)27-35-65(71)80-43-41-76-51-29-31-59-67(45-51)83-68-46-52(30-32-60(68)73(59)57-21-9-11-23-61(57)82-62-24-12-10-22-58(62)73)77-42-44-81-66-36-28-50-16-4-8-20-56(50)72(66)70-54-18-6-2-14-48(54)26-34-64(70)79-40-38-75/h1-36,45-46,74-75H,37-44H2. The van der Waals surface area contributed by atoms with Gasteiger partial charge in [-0.15, -0.1) is 0 Å². The highest BCUT2D eigenvalue weighted by atomic mass is 16.5. The normalized spacial score (nSPS) is 12.7. The molecule has 2 aliphatic rings. The fraction of sp³-hybridized carbons (Fsp3) is 0.123. The summed E-state index contributed by atoms with van der Waals surface area (Å²) in [7, 11) is 0. The molecule has 0 aliphatic carbocycles. The minimum absolute atomic E-state index is 0.111. The first-order chi connectivity index (χ1) is 41.1. The molecule has 0 bridgehead atoms. The molecule has 83 heavy (non-hydrogen) atoms. The van der Waals surface area contributed by atoms with E-state index in [1.807, 2.05) is 133 Å². The number of fused-ring (bicyclic) bond motifs is 12. The van der Waals surface area contributed by atoms with Crippen molar-refractivity contribution in [1.29, 1.82) is 0 Å². The predicted molar refractivity (Wildman–Crippen MR) is 326 cm³/mol. The van der Waals surface area contributed by atoms with Gasteiger partial charge < -0.3 is 48.1 Å². The van der Waals surface area contributed by atoms with Gasteiger partial charge in [-0.3, -0.25) is 0 Å². The molecule has 2 N–H and O–H groups in total. The van der Waals surface area contributed by atoms with Gasteiger partial charge in [0.2, 0.25) is 0 Å². The Kier molecular flexibility index (Phi) is 13.7. The van der Waals surface area contributed by atoms with Gasteiger partial charge in [-0.1, -0.05) is 170 Å². The number of hydrogen-bond donors (Lipinski definition) is 2. The van der Waals surface area contributed by atoms with Crippen LogP contribution in [0, 0.1) is 0 Å². The highest BCUT2D eigenvalue weighted by Gasteiger charge is 2.50. The lowest BCUT2D eigenvalue weighted by Gasteiger charge is -2.44. The number of benzene rings is 12. The van der Waals surface area contributed by atoms with E-state index in [0.717, 1.165) is 99.1 Å². The Morgan fingerprint density at radius 1 is 0.277 bits per heavy atom. The summed E-state index contributed by atoms with van der Waals surface area (Å²) in [4.78, 5) is 0. The van der Waals surface area contributed by atoms with E-state index >= 15 is 0 Å². The van der Waals surface area contributed by atoms with E-state index in [2.05, 4.69) is 97.1 Å². The number of aliphatic hydroxyl groups is 2. The van der Waals surface area contributed by atoms with E-state index in [0.29, 0.717) is 46.0 Å². The molecular weight excluding hydrogens is 1040 g/mol. The number of para-hydroxylation sites is 2. The van der Waals surface area contributed by atoms with Crippen LogP contribution in [0.2, 0.25) is 0 Å². The molecular formula is C73H56O10. The molecule has 12 aromatic rings. The highest BCUT2D eigenvalue weighted by Crippen LogP contribution is 2.62. The number of hydrogen-bond acceptors (Lipinski definition) is 10. The zero-order chi connectivity index (χ0) is 55.7. The molecule has 0 radical (unpaired) electrons. The number of aliphatic hydroxyl groups excluding tert-OH is 2. The lowest BCUT2D eigenvalue weighted by molar-refractivity contribution is 0.202. The van der Waals surface area contributed by atoms with Crippen LogP contribution in [-0.2, 0) is 5.41 Å². The zero-order valence-electron chi connectivity index (χ0n) is 45.3. The maximum Gasteiger partial charge on any atom is 0.135 e. The van der Waals surface area contributed by atoms with E-state index in [1.165, 1.54) is 0 Å². The Labute approximate surface area is 479 Å². The van der Waals surface area contributed by atoms with Crippen molar-refractivity contribution < 1.29 is 48.1 Å². The second kappa shape index (κ2) is 22.2. The molecule has 408 valence electrons. The molecule has 1 spiro atoms. The first-order valence-electron chi connectivity index (χ1n) is 28.0. The van der Waals surface area contributed by atoms with Crippen molar-refractivity contribution in [3.8, 4) is 79.7 Å². The van der Waals surface area contributed by atoms with Crippen molar-refractivity contribution in [2.75, 3.05) is 52.9 Å². The second-order valence-electron chi connectivity index (χ2n) is 20.4. The Balaban J connectivity index is 0.764. The van der Waals surface area contributed by atoms with Gasteiger partial charge in [0.15, 0.2) is 0 Å². The van der Waals surface area contributed by atoms with Gasteiger partial charge in [0, 0.05) is 56.6 Å². The van der Waals surface area contributed by atoms with Crippen molar-refractivity contribution in [1.82, 2.24) is 0 Å². The topological polar surface area (TPSA) is 114 Å². The molecule has 0 unspecified atom stereocenters. The van der Waals surface area contributed by atoms with Crippen LogP contribution >= 0.6 is 0 Å². The third kappa shape index (κ3) is 9.18. The average Bonchev–Trinajstić information content (AvgIpc) is 1.02. The van der Waals surface area contributed by atoms with Crippen LogP contribution in [0.1, 0.15) is 22.3 Å². The summed E-state index contributed by atoms with van der Waals surface area (Å²) < 4.78 is 52.6. The quantitative estimate of drug-likeness (QED) is 0.0805. The molecule has 2 aliphatic heterocycles. The van der Waals surface area contributed by atoms with Crippen LogP contribution in [0.15, 0.2) is 231 Å². The van der Waals surface area contributed by atoms with Crippen LogP contribution in [0.25, 0.3) is 65.3 Å². The van der Waals surface area contributed by atoms with Gasteiger partial charge in [0.25, 0.3) is 0 Å². The molecule has 10 heteroatoms. The van der Waals surface area contributed by atoms with E-state index in [1.54, 1.807) is 0 Å². The summed E-state index contributed by atoms with van der Waals surface area (Å²) in [6, 6.07) is 77.7. The van der Waals surface area contributed by atoms with Gasteiger partial charge >= 0.3 is 0 Å². The van der Waals surface area contributed by atoms with Crippen molar-refractivity contribution in [2.45, 2.75) is 5.41 Å². The first kappa shape index (κ1) is 51.2. The Morgan fingerprint density at radius 3 is 0.952 bits per heavy atom. The lowest BCUT2D eigenvalue weighted by atomic mass is 9.62.